The number of hydrogen-bond donors (Lipinski definition) is 1. The Morgan fingerprint density at radius 3 is 2.67 bits per heavy atom. The first-order chi connectivity index (χ1) is 11.6. The maximum Gasteiger partial charge on any atom is 0.276 e. The number of nitriles is 1. The quantitative estimate of drug-likeness (QED) is 0.453. The van der Waals surface area contributed by atoms with E-state index in [1.807, 2.05) is 6.07 Å². The molecule has 1 heterocycles. The number of nitrogens with one attached hydrogen (secondary N) is 1. The van der Waals surface area contributed by atoms with Crippen LogP contribution in [0.1, 0.15) is 11.4 Å². The van der Waals surface area contributed by atoms with Crippen molar-refractivity contribution in [1.29, 1.82) is 5.26 Å². The highest BCUT2D eigenvalue weighted by molar-refractivity contribution is 5.90. The van der Waals surface area contributed by atoms with E-state index in [0.29, 0.717) is 10.9 Å². The third-order valence-electron chi connectivity index (χ3n) is 3.42. The Morgan fingerprint density at radius 1 is 1.21 bits per heavy atom. The third-order valence-corrected chi connectivity index (χ3v) is 3.42. The summed E-state index contributed by atoms with van der Waals surface area (Å²) in [5.74, 6) is 0.0688. The summed E-state index contributed by atoms with van der Waals surface area (Å²) in [6, 6.07) is 14.7. The predicted molar refractivity (Wildman–Crippen MR) is 88.9 cm³/mol. The average Bonchev–Trinajstić information content (AvgIpc) is 2.59. The Bertz CT molecular complexity index is 1080. The van der Waals surface area contributed by atoms with Gasteiger partial charge in [-0.05, 0) is 24.3 Å². The highest BCUT2D eigenvalue weighted by atomic mass is 16.6. The van der Waals surface area contributed by atoms with Crippen molar-refractivity contribution in [3.8, 4) is 6.07 Å². The number of hydrogen-bond acceptors (Lipinski definition) is 5. The molecule has 0 bridgehead atoms. The SMILES string of the molecule is N#CC(=Cc1ccccc1[N+](=O)[O-])c1nc2ccccc2c(=O)[nH]1. The van der Waals surface area contributed by atoms with Crippen LogP contribution in [0.3, 0.4) is 0 Å². The van der Waals surface area contributed by atoms with Crippen LogP contribution >= 0.6 is 0 Å². The molecule has 0 radical (unpaired) electrons. The minimum atomic E-state index is -0.530. The standard InChI is InChI=1S/C17H10N4O3/c18-10-12(9-11-5-1-4-8-15(11)21(23)24)16-19-14-7-3-2-6-13(14)17(22)20-16/h1-9H,(H,19,20,22). The number of nitrogens with zero attached hydrogens (tertiary/aromatic N) is 3. The summed E-state index contributed by atoms with van der Waals surface area (Å²) in [7, 11) is 0. The van der Waals surface area contributed by atoms with Crippen LogP contribution < -0.4 is 5.56 Å². The zero-order valence-corrected chi connectivity index (χ0v) is 12.3. The van der Waals surface area contributed by atoms with Crippen LogP contribution in [0.4, 0.5) is 5.69 Å². The van der Waals surface area contributed by atoms with E-state index in [9.17, 15) is 20.2 Å². The highest BCUT2D eigenvalue weighted by Gasteiger charge is 2.13. The smallest absolute Gasteiger partial charge is 0.276 e. The number of rotatable bonds is 3. The third kappa shape index (κ3) is 2.76. The molecule has 0 aliphatic rings. The summed E-state index contributed by atoms with van der Waals surface area (Å²) in [5, 5.41) is 20.9. The topological polar surface area (TPSA) is 113 Å². The second-order valence-corrected chi connectivity index (χ2v) is 4.92. The van der Waals surface area contributed by atoms with Gasteiger partial charge < -0.3 is 4.98 Å². The van der Waals surface area contributed by atoms with Crippen LogP contribution in [0.2, 0.25) is 0 Å². The van der Waals surface area contributed by atoms with Gasteiger partial charge in [0.2, 0.25) is 0 Å². The number of para-hydroxylation sites is 2. The molecule has 0 saturated heterocycles. The van der Waals surface area contributed by atoms with Gasteiger partial charge in [0.15, 0.2) is 5.82 Å². The van der Waals surface area contributed by atoms with Crippen LogP contribution in [0, 0.1) is 21.4 Å². The Morgan fingerprint density at radius 2 is 1.92 bits per heavy atom. The van der Waals surface area contributed by atoms with Gasteiger partial charge in [0, 0.05) is 6.07 Å². The number of allylic oxidation sites excluding steroid dienone is 1. The fraction of sp³-hybridized carbons (Fsp3) is 0. The van der Waals surface area contributed by atoms with Crippen LogP contribution in [0.25, 0.3) is 22.6 Å². The molecule has 0 spiro atoms. The van der Waals surface area contributed by atoms with E-state index in [1.54, 1.807) is 30.3 Å². The second kappa shape index (κ2) is 6.14. The number of nitro benzene ring substituents is 1. The lowest BCUT2D eigenvalue weighted by Crippen LogP contribution is -2.11. The molecule has 7 nitrogen and oxygen atoms in total. The summed E-state index contributed by atoms with van der Waals surface area (Å²) in [6.45, 7) is 0. The van der Waals surface area contributed by atoms with Crippen LogP contribution in [-0.2, 0) is 0 Å². The van der Waals surface area contributed by atoms with Gasteiger partial charge in [0.25, 0.3) is 11.2 Å². The second-order valence-electron chi connectivity index (χ2n) is 4.92. The van der Waals surface area contributed by atoms with Crippen molar-refractivity contribution in [2.75, 3.05) is 0 Å². The van der Waals surface area contributed by atoms with Gasteiger partial charge in [0.05, 0.1) is 27.0 Å². The normalized spacial score (nSPS) is 11.2. The van der Waals surface area contributed by atoms with E-state index >= 15 is 0 Å². The van der Waals surface area contributed by atoms with E-state index < -0.39 is 4.92 Å². The summed E-state index contributed by atoms with van der Waals surface area (Å²) in [4.78, 5) is 29.5. The number of fused-ring (bicyclic) bond motifs is 1. The van der Waals surface area contributed by atoms with E-state index in [1.165, 1.54) is 24.3 Å². The van der Waals surface area contributed by atoms with E-state index in [0.717, 1.165) is 0 Å². The highest BCUT2D eigenvalue weighted by Crippen LogP contribution is 2.23. The van der Waals surface area contributed by atoms with Crippen molar-refractivity contribution in [2.45, 2.75) is 0 Å². The van der Waals surface area contributed by atoms with Gasteiger partial charge >= 0.3 is 0 Å². The van der Waals surface area contributed by atoms with Crippen molar-refractivity contribution >= 4 is 28.2 Å². The molecule has 24 heavy (non-hydrogen) atoms. The molecule has 1 N–H and O–H groups in total. The van der Waals surface area contributed by atoms with Gasteiger partial charge in [-0.3, -0.25) is 14.9 Å². The first-order valence-electron chi connectivity index (χ1n) is 6.95. The van der Waals surface area contributed by atoms with Crippen molar-refractivity contribution in [2.24, 2.45) is 0 Å². The molecule has 0 aliphatic carbocycles. The Labute approximate surface area is 135 Å². The molecule has 7 heteroatoms. The molecule has 0 aliphatic heterocycles. The summed E-state index contributed by atoms with van der Waals surface area (Å²) in [6.07, 6.45) is 1.34. The molecule has 0 saturated carbocycles. The van der Waals surface area contributed by atoms with Gasteiger partial charge in [-0.1, -0.05) is 24.3 Å². The Hall–Kier alpha value is -3.79. The van der Waals surface area contributed by atoms with Crippen molar-refractivity contribution in [3.63, 3.8) is 0 Å². The van der Waals surface area contributed by atoms with Gasteiger partial charge in [-0.2, -0.15) is 5.26 Å². The van der Waals surface area contributed by atoms with E-state index in [4.69, 9.17) is 0 Å². The fourth-order valence-corrected chi connectivity index (χ4v) is 2.30. The molecule has 3 aromatic rings. The Balaban J connectivity index is 2.19. The molecule has 2 aromatic carbocycles. The summed E-state index contributed by atoms with van der Waals surface area (Å²) >= 11 is 0. The van der Waals surface area contributed by atoms with Gasteiger partial charge in [-0.25, -0.2) is 4.98 Å². The molecule has 1 aromatic heterocycles. The monoisotopic (exact) mass is 318 g/mol. The first kappa shape index (κ1) is 15.1. The summed E-state index contributed by atoms with van der Waals surface area (Å²) < 4.78 is 0. The maximum atomic E-state index is 12.1. The molecule has 116 valence electrons. The van der Waals surface area contributed by atoms with Crippen molar-refractivity contribution < 1.29 is 4.92 Å². The predicted octanol–water partition coefficient (Wildman–Crippen LogP) is 2.90. The van der Waals surface area contributed by atoms with Crippen molar-refractivity contribution in [1.82, 2.24) is 9.97 Å². The van der Waals surface area contributed by atoms with E-state index in [-0.39, 0.29) is 28.2 Å². The fourth-order valence-electron chi connectivity index (χ4n) is 2.30. The van der Waals surface area contributed by atoms with Gasteiger partial charge in [0.1, 0.15) is 6.07 Å². The van der Waals surface area contributed by atoms with E-state index in [2.05, 4.69) is 9.97 Å². The molecule has 0 atom stereocenters. The Kier molecular flexibility index (Phi) is 3.87. The van der Waals surface area contributed by atoms with Crippen molar-refractivity contribution in [3.05, 3.63) is 80.4 Å². The summed E-state index contributed by atoms with van der Waals surface area (Å²) in [5.41, 5.74) is 0.231. The van der Waals surface area contributed by atoms with Gasteiger partial charge in [-0.15, -0.1) is 0 Å². The molecule has 0 unspecified atom stereocenters. The zero-order valence-electron chi connectivity index (χ0n) is 12.3. The number of benzene rings is 2. The molecular weight excluding hydrogens is 308 g/mol. The molecular formula is C17H10N4O3. The zero-order chi connectivity index (χ0) is 17.1. The number of nitro groups is 1. The number of H-pyrrole nitrogens is 1. The maximum absolute atomic E-state index is 12.1. The lowest BCUT2D eigenvalue weighted by Gasteiger charge is -2.02. The lowest BCUT2D eigenvalue weighted by atomic mass is 10.1. The number of aromatic nitrogens is 2. The van der Waals surface area contributed by atoms with Crippen LogP contribution in [0.15, 0.2) is 53.3 Å². The molecule has 0 fully saturated rings. The molecule has 0 amide bonds. The first-order valence-corrected chi connectivity index (χ1v) is 6.95. The van der Waals surface area contributed by atoms with Crippen LogP contribution in [-0.4, -0.2) is 14.9 Å². The molecule has 3 rings (SSSR count). The largest absolute Gasteiger partial charge is 0.305 e. The minimum absolute atomic E-state index is 0.0344. The minimum Gasteiger partial charge on any atom is -0.305 e. The van der Waals surface area contributed by atoms with Crippen LogP contribution in [0.5, 0.6) is 0 Å². The lowest BCUT2D eigenvalue weighted by molar-refractivity contribution is -0.385. The average molecular weight is 318 g/mol. The number of aromatic amines is 1.